The van der Waals surface area contributed by atoms with Crippen molar-refractivity contribution in [3.63, 3.8) is 0 Å². The lowest BCUT2D eigenvalue weighted by Gasteiger charge is -2.27. The molecule has 0 radical (unpaired) electrons. The summed E-state index contributed by atoms with van der Waals surface area (Å²) >= 11 is 0. The van der Waals surface area contributed by atoms with Crippen LogP contribution in [0.3, 0.4) is 0 Å². The third-order valence-corrected chi connectivity index (χ3v) is 3.76. The van der Waals surface area contributed by atoms with Gasteiger partial charge in [0.2, 0.25) is 0 Å². The van der Waals surface area contributed by atoms with E-state index in [2.05, 4.69) is 22.0 Å². The lowest BCUT2D eigenvalue weighted by Crippen LogP contribution is -2.21. The maximum atomic E-state index is 10.4. The van der Waals surface area contributed by atoms with Crippen molar-refractivity contribution in [1.29, 1.82) is 0 Å². The molecule has 0 aliphatic carbocycles. The molecular weight excluding hydrogens is 260 g/mol. The normalized spacial score (nSPS) is 12.7. The van der Waals surface area contributed by atoms with Gasteiger partial charge in [-0.15, -0.1) is 0 Å². The van der Waals surface area contributed by atoms with E-state index in [4.69, 9.17) is 0 Å². The molecule has 3 nitrogen and oxygen atoms in total. The van der Waals surface area contributed by atoms with Gasteiger partial charge in [0, 0.05) is 18.0 Å². The van der Waals surface area contributed by atoms with Crippen LogP contribution in [0.15, 0.2) is 60.9 Å². The first-order valence-corrected chi connectivity index (χ1v) is 6.95. The number of nitrogens with zero attached hydrogens (tertiary/aromatic N) is 2. The average molecular weight is 278 g/mol. The highest BCUT2D eigenvalue weighted by molar-refractivity contribution is 5.88. The Balaban J connectivity index is 2.28. The molecule has 0 aliphatic rings. The summed E-state index contributed by atoms with van der Waals surface area (Å²) in [5.41, 5.74) is 2.05. The topological polar surface area (TPSA) is 36.4 Å². The molecule has 2 aromatic carbocycles. The van der Waals surface area contributed by atoms with Crippen molar-refractivity contribution in [2.45, 2.75) is 6.04 Å². The fraction of sp³-hybridized carbons (Fsp3) is 0.167. The fourth-order valence-electron chi connectivity index (χ4n) is 2.84. The van der Waals surface area contributed by atoms with Gasteiger partial charge in [0.05, 0.1) is 6.04 Å². The Bertz CT molecular complexity index is 754. The van der Waals surface area contributed by atoms with E-state index in [0.29, 0.717) is 5.75 Å². The minimum Gasteiger partial charge on any atom is -0.508 e. The van der Waals surface area contributed by atoms with Gasteiger partial charge in [0.15, 0.2) is 0 Å². The minimum absolute atomic E-state index is 0.0147. The number of hydrogen-bond acceptors (Lipinski definition) is 3. The number of benzene rings is 2. The Morgan fingerprint density at radius 3 is 2.38 bits per heavy atom. The van der Waals surface area contributed by atoms with E-state index in [1.165, 1.54) is 0 Å². The van der Waals surface area contributed by atoms with Crippen LogP contribution < -0.4 is 0 Å². The maximum absolute atomic E-state index is 10.4. The molecule has 0 spiro atoms. The van der Waals surface area contributed by atoms with Crippen LogP contribution in [0.4, 0.5) is 0 Å². The van der Waals surface area contributed by atoms with Crippen LogP contribution in [0.5, 0.6) is 5.75 Å². The fourth-order valence-corrected chi connectivity index (χ4v) is 2.84. The molecule has 106 valence electrons. The third-order valence-electron chi connectivity index (χ3n) is 3.76. The maximum Gasteiger partial charge on any atom is 0.121 e. The second kappa shape index (κ2) is 5.54. The molecule has 1 atom stereocenters. The number of rotatable bonds is 3. The average Bonchev–Trinajstić information content (AvgIpc) is 2.51. The van der Waals surface area contributed by atoms with Gasteiger partial charge in [-0.25, -0.2) is 0 Å². The molecule has 0 saturated carbocycles. The van der Waals surface area contributed by atoms with Crippen molar-refractivity contribution in [1.82, 2.24) is 9.88 Å². The molecule has 1 N–H and O–H groups in total. The summed E-state index contributed by atoms with van der Waals surface area (Å²) in [6.45, 7) is 0. The zero-order chi connectivity index (χ0) is 14.8. The Labute approximate surface area is 124 Å². The molecule has 1 aromatic heterocycles. The minimum atomic E-state index is -0.0147. The van der Waals surface area contributed by atoms with Gasteiger partial charge in [-0.2, -0.15) is 0 Å². The van der Waals surface area contributed by atoms with Crippen molar-refractivity contribution in [3.8, 4) is 5.75 Å². The number of pyridine rings is 1. The van der Waals surface area contributed by atoms with E-state index in [1.54, 1.807) is 18.5 Å². The summed E-state index contributed by atoms with van der Waals surface area (Å²) in [4.78, 5) is 6.19. The Kier molecular flexibility index (Phi) is 3.59. The molecule has 21 heavy (non-hydrogen) atoms. The highest BCUT2D eigenvalue weighted by atomic mass is 16.3. The van der Waals surface area contributed by atoms with Crippen molar-refractivity contribution in [3.05, 3.63) is 72.1 Å². The summed E-state index contributed by atoms with van der Waals surface area (Å²) < 4.78 is 0. The summed E-state index contributed by atoms with van der Waals surface area (Å²) in [5.74, 6) is 0.323. The molecule has 0 saturated heterocycles. The SMILES string of the molecule is CN(C)C(c1ccncc1)c1c(O)ccc2ccccc12. The molecule has 0 fully saturated rings. The second-order valence-corrected chi connectivity index (χ2v) is 5.37. The van der Waals surface area contributed by atoms with Crippen molar-refractivity contribution in [2.75, 3.05) is 14.1 Å². The van der Waals surface area contributed by atoms with Crippen molar-refractivity contribution >= 4 is 10.8 Å². The Morgan fingerprint density at radius 2 is 1.67 bits per heavy atom. The first-order valence-electron chi connectivity index (χ1n) is 6.95. The monoisotopic (exact) mass is 278 g/mol. The zero-order valence-electron chi connectivity index (χ0n) is 12.2. The molecule has 3 heteroatoms. The smallest absolute Gasteiger partial charge is 0.121 e. The van der Waals surface area contributed by atoms with Crippen LogP contribution in [0.1, 0.15) is 17.2 Å². The summed E-state index contributed by atoms with van der Waals surface area (Å²) in [5, 5.41) is 12.7. The summed E-state index contributed by atoms with van der Waals surface area (Å²) in [6, 6.07) is 15.8. The van der Waals surface area contributed by atoms with E-state index < -0.39 is 0 Å². The molecule has 0 aliphatic heterocycles. The molecule has 1 heterocycles. The molecule has 3 rings (SSSR count). The zero-order valence-corrected chi connectivity index (χ0v) is 12.2. The largest absolute Gasteiger partial charge is 0.508 e. The number of aromatic hydroxyl groups is 1. The highest BCUT2D eigenvalue weighted by Gasteiger charge is 2.22. The van der Waals surface area contributed by atoms with Gasteiger partial charge < -0.3 is 5.11 Å². The van der Waals surface area contributed by atoms with E-state index in [9.17, 15) is 5.11 Å². The van der Waals surface area contributed by atoms with E-state index in [0.717, 1.165) is 21.9 Å². The summed E-state index contributed by atoms with van der Waals surface area (Å²) in [7, 11) is 4.04. The van der Waals surface area contributed by atoms with Crippen LogP contribution in [0.2, 0.25) is 0 Å². The second-order valence-electron chi connectivity index (χ2n) is 5.37. The van der Waals surface area contributed by atoms with Crippen molar-refractivity contribution in [2.24, 2.45) is 0 Å². The third kappa shape index (κ3) is 2.48. The van der Waals surface area contributed by atoms with Crippen LogP contribution in [-0.2, 0) is 0 Å². The number of phenolic OH excluding ortho intramolecular Hbond substituents is 1. The summed E-state index contributed by atoms with van der Waals surface area (Å²) in [6.07, 6.45) is 3.57. The van der Waals surface area contributed by atoms with Crippen molar-refractivity contribution < 1.29 is 5.11 Å². The quantitative estimate of drug-likeness (QED) is 0.795. The molecular formula is C18H18N2O. The first-order chi connectivity index (χ1) is 10.2. The number of hydrogen-bond donors (Lipinski definition) is 1. The van der Waals surface area contributed by atoms with Gasteiger partial charge in [-0.05, 0) is 48.6 Å². The predicted molar refractivity (Wildman–Crippen MR) is 85.4 cm³/mol. The van der Waals surface area contributed by atoms with Gasteiger partial charge in [0.1, 0.15) is 5.75 Å². The number of aromatic nitrogens is 1. The molecule has 0 amide bonds. The van der Waals surface area contributed by atoms with E-state index in [-0.39, 0.29) is 6.04 Å². The molecule has 1 unspecified atom stereocenters. The number of fused-ring (bicyclic) bond motifs is 1. The molecule has 0 bridgehead atoms. The lowest BCUT2D eigenvalue weighted by atomic mass is 9.92. The standard InChI is InChI=1S/C18H18N2O/c1-20(2)18(14-9-11-19-12-10-14)17-15-6-4-3-5-13(15)7-8-16(17)21/h3-12,18,21H,1-2H3. The predicted octanol–water partition coefficient (Wildman–Crippen LogP) is 3.59. The van der Waals surface area contributed by atoms with E-state index >= 15 is 0 Å². The van der Waals surface area contributed by atoms with Gasteiger partial charge in [-0.3, -0.25) is 9.88 Å². The van der Waals surface area contributed by atoms with Gasteiger partial charge in [0.25, 0.3) is 0 Å². The highest BCUT2D eigenvalue weighted by Crippen LogP contribution is 2.37. The van der Waals surface area contributed by atoms with Crippen LogP contribution in [0, 0.1) is 0 Å². The van der Waals surface area contributed by atoms with Gasteiger partial charge >= 0.3 is 0 Å². The van der Waals surface area contributed by atoms with Gasteiger partial charge in [-0.1, -0.05) is 30.3 Å². The van der Waals surface area contributed by atoms with Crippen LogP contribution in [0.25, 0.3) is 10.8 Å². The Morgan fingerprint density at radius 1 is 0.952 bits per heavy atom. The lowest BCUT2D eigenvalue weighted by molar-refractivity contribution is 0.333. The van der Waals surface area contributed by atoms with Crippen LogP contribution >= 0.6 is 0 Å². The molecule has 3 aromatic rings. The van der Waals surface area contributed by atoms with E-state index in [1.807, 2.05) is 44.4 Å². The first kappa shape index (κ1) is 13.6. The number of phenols is 1. The van der Waals surface area contributed by atoms with Crippen LogP contribution in [-0.4, -0.2) is 29.1 Å². The Hall–Kier alpha value is -2.39.